The van der Waals surface area contributed by atoms with Crippen LogP contribution in [0.25, 0.3) is 0 Å². The summed E-state index contributed by atoms with van der Waals surface area (Å²) in [6.07, 6.45) is 0.233. The van der Waals surface area contributed by atoms with Crippen LogP contribution in [0.2, 0.25) is 0 Å². The molecule has 3 aromatic rings. The molecule has 1 heterocycles. The number of benzene rings is 3. The fraction of sp³-hybridized carbons (Fsp3) is 0.167. The van der Waals surface area contributed by atoms with E-state index >= 15 is 0 Å². The second-order valence-electron chi connectivity index (χ2n) is 6.99. The van der Waals surface area contributed by atoms with E-state index in [4.69, 9.17) is 4.74 Å². The van der Waals surface area contributed by atoms with Gasteiger partial charge in [0, 0.05) is 6.42 Å². The number of hydrogen-bond acceptors (Lipinski definition) is 3. The highest BCUT2D eigenvalue weighted by molar-refractivity contribution is 6.21. The van der Waals surface area contributed by atoms with Crippen molar-refractivity contribution in [3.63, 3.8) is 0 Å². The second kappa shape index (κ2) is 7.69. The summed E-state index contributed by atoms with van der Waals surface area (Å²) in [5.41, 5.74) is 1.65. The van der Waals surface area contributed by atoms with Gasteiger partial charge in [-0.1, -0.05) is 55.5 Å². The van der Waals surface area contributed by atoms with E-state index in [-0.39, 0.29) is 30.1 Å². The molecule has 1 aliphatic rings. The summed E-state index contributed by atoms with van der Waals surface area (Å²) in [6.45, 7) is 2.01. The summed E-state index contributed by atoms with van der Waals surface area (Å²) in [6, 6.07) is 26.4. The van der Waals surface area contributed by atoms with E-state index < -0.39 is 0 Å². The largest absolute Gasteiger partial charge is 0.457 e. The lowest BCUT2D eigenvalue weighted by molar-refractivity contribution is -0.122. The zero-order valence-corrected chi connectivity index (χ0v) is 15.6. The van der Waals surface area contributed by atoms with Crippen molar-refractivity contribution < 1.29 is 14.3 Å². The fourth-order valence-corrected chi connectivity index (χ4v) is 3.59. The van der Waals surface area contributed by atoms with Gasteiger partial charge in [-0.25, -0.2) is 0 Å². The number of carbonyl (C=O) groups is 2. The second-order valence-corrected chi connectivity index (χ2v) is 6.99. The molecule has 28 heavy (non-hydrogen) atoms. The molecular weight excluding hydrogens is 350 g/mol. The van der Waals surface area contributed by atoms with Gasteiger partial charge in [-0.2, -0.15) is 0 Å². The molecular formula is C24H21NO3. The van der Waals surface area contributed by atoms with Crippen LogP contribution in [0.4, 0.5) is 5.69 Å². The number of nitrogens with zero attached hydrogens (tertiary/aromatic N) is 1. The summed E-state index contributed by atoms with van der Waals surface area (Å²) in [5.74, 6) is 0.745. The molecule has 0 saturated carbocycles. The van der Waals surface area contributed by atoms with E-state index in [1.54, 1.807) is 24.3 Å². The molecule has 140 valence electrons. The summed E-state index contributed by atoms with van der Waals surface area (Å²) in [5, 5.41) is 0. The van der Waals surface area contributed by atoms with Crippen LogP contribution in [0.1, 0.15) is 24.8 Å². The van der Waals surface area contributed by atoms with E-state index in [1.165, 1.54) is 4.90 Å². The Hall–Kier alpha value is -3.40. The third-order valence-corrected chi connectivity index (χ3v) is 5.18. The van der Waals surface area contributed by atoms with Gasteiger partial charge in [-0.3, -0.25) is 14.5 Å². The molecule has 4 heteroatoms. The number of rotatable bonds is 5. The predicted molar refractivity (Wildman–Crippen MR) is 108 cm³/mol. The van der Waals surface area contributed by atoms with Crippen LogP contribution in [0, 0.1) is 5.92 Å². The first-order valence-electron chi connectivity index (χ1n) is 9.38. The lowest BCUT2D eigenvalue weighted by Gasteiger charge is -2.19. The van der Waals surface area contributed by atoms with E-state index in [1.807, 2.05) is 67.6 Å². The molecule has 4 nitrogen and oxygen atoms in total. The molecule has 2 atom stereocenters. The van der Waals surface area contributed by atoms with E-state index in [9.17, 15) is 9.59 Å². The Morgan fingerprint density at radius 2 is 1.39 bits per heavy atom. The van der Waals surface area contributed by atoms with Crippen LogP contribution in [0.15, 0.2) is 84.9 Å². The molecule has 0 bridgehead atoms. The zero-order chi connectivity index (χ0) is 19.5. The van der Waals surface area contributed by atoms with Crippen molar-refractivity contribution in [2.45, 2.75) is 19.3 Å². The van der Waals surface area contributed by atoms with Crippen molar-refractivity contribution >= 4 is 17.5 Å². The molecule has 2 amide bonds. The van der Waals surface area contributed by atoms with Crippen LogP contribution in [-0.2, 0) is 9.59 Å². The van der Waals surface area contributed by atoms with Gasteiger partial charge in [0.25, 0.3) is 0 Å². The predicted octanol–water partition coefficient (Wildman–Crippen LogP) is 5.16. The normalized spacial score (nSPS) is 17.6. The first-order valence-corrected chi connectivity index (χ1v) is 9.38. The van der Waals surface area contributed by atoms with Crippen LogP contribution in [0.5, 0.6) is 11.5 Å². The third-order valence-electron chi connectivity index (χ3n) is 5.18. The summed E-state index contributed by atoms with van der Waals surface area (Å²) in [7, 11) is 0. The van der Waals surface area contributed by atoms with Gasteiger partial charge in [0.2, 0.25) is 11.8 Å². The first-order chi connectivity index (χ1) is 13.6. The van der Waals surface area contributed by atoms with Crippen LogP contribution in [0.3, 0.4) is 0 Å². The Bertz CT molecular complexity index is 968. The lowest BCUT2D eigenvalue weighted by atomic mass is 9.86. The lowest BCUT2D eigenvalue weighted by Crippen LogP contribution is -2.31. The van der Waals surface area contributed by atoms with Crippen molar-refractivity contribution in [1.29, 1.82) is 0 Å². The molecule has 0 radical (unpaired) electrons. The number of hydrogen-bond donors (Lipinski definition) is 0. The van der Waals surface area contributed by atoms with Gasteiger partial charge in [-0.15, -0.1) is 0 Å². The van der Waals surface area contributed by atoms with Crippen molar-refractivity contribution in [2.75, 3.05) is 4.90 Å². The average molecular weight is 371 g/mol. The minimum Gasteiger partial charge on any atom is -0.457 e. The standard InChI is InChI=1S/C24H21NO3/c1-17(18-8-4-2-5-9-18)22-16-23(26)25(24(22)27)19-12-14-21(15-13-19)28-20-10-6-3-7-11-20/h2-15,17,22H,16H2,1H3/t17-,22-/m1/s1. The Morgan fingerprint density at radius 1 is 0.821 bits per heavy atom. The summed E-state index contributed by atoms with van der Waals surface area (Å²) < 4.78 is 5.78. The molecule has 1 aliphatic heterocycles. The highest BCUT2D eigenvalue weighted by Crippen LogP contribution is 2.36. The van der Waals surface area contributed by atoms with Gasteiger partial charge < -0.3 is 4.74 Å². The number of anilines is 1. The molecule has 1 saturated heterocycles. The smallest absolute Gasteiger partial charge is 0.237 e. The topological polar surface area (TPSA) is 46.6 Å². The van der Waals surface area contributed by atoms with Crippen molar-refractivity contribution in [2.24, 2.45) is 5.92 Å². The van der Waals surface area contributed by atoms with Gasteiger partial charge in [0.1, 0.15) is 11.5 Å². The number of imide groups is 1. The van der Waals surface area contributed by atoms with Crippen molar-refractivity contribution in [1.82, 2.24) is 0 Å². The summed E-state index contributed by atoms with van der Waals surface area (Å²) in [4.78, 5) is 26.9. The van der Waals surface area contributed by atoms with Gasteiger partial charge >= 0.3 is 0 Å². The van der Waals surface area contributed by atoms with E-state index in [0.717, 1.165) is 11.3 Å². The van der Waals surface area contributed by atoms with Crippen molar-refractivity contribution in [3.05, 3.63) is 90.5 Å². The number of para-hydroxylation sites is 1. The third kappa shape index (κ3) is 3.54. The molecule has 0 aliphatic carbocycles. The van der Waals surface area contributed by atoms with Gasteiger partial charge in [0.05, 0.1) is 11.6 Å². The molecule has 0 unspecified atom stereocenters. The van der Waals surface area contributed by atoms with Crippen molar-refractivity contribution in [3.8, 4) is 11.5 Å². The van der Waals surface area contributed by atoms with Gasteiger partial charge in [0.15, 0.2) is 0 Å². The highest BCUT2D eigenvalue weighted by atomic mass is 16.5. The molecule has 0 spiro atoms. The number of amides is 2. The number of carbonyl (C=O) groups excluding carboxylic acids is 2. The molecule has 4 rings (SSSR count). The quantitative estimate of drug-likeness (QED) is 0.582. The van der Waals surface area contributed by atoms with Crippen LogP contribution >= 0.6 is 0 Å². The van der Waals surface area contributed by atoms with E-state index in [2.05, 4.69) is 0 Å². The molecule has 0 N–H and O–H groups in total. The maximum absolute atomic E-state index is 13.0. The minimum atomic E-state index is -0.338. The Labute approximate surface area is 164 Å². The Kier molecular flexibility index (Phi) is 4.94. The molecule has 3 aromatic carbocycles. The SMILES string of the molecule is C[C@H](c1ccccc1)[C@H]1CC(=O)N(c2ccc(Oc3ccccc3)cc2)C1=O. The zero-order valence-electron chi connectivity index (χ0n) is 15.6. The Balaban J connectivity index is 1.51. The average Bonchev–Trinajstić information content (AvgIpc) is 3.03. The maximum Gasteiger partial charge on any atom is 0.237 e. The monoisotopic (exact) mass is 371 g/mol. The fourth-order valence-electron chi connectivity index (χ4n) is 3.59. The van der Waals surface area contributed by atoms with Crippen LogP contribution in [-0.4, -0.2) is 11.8 Å². The summed E-state index contributed by atoms with van der Waals surface area (Å²) >= 11 is 0. The van der Waals surface area contributed by atoms with E-state index in [0.29, 0.717) is 11.4 Å². The minimum absolute atomic E-state index is 0.0108. The molecule has 1 fully saturated rings. The van der Waals surface area contributed by atoms with Gasteiger partial charge in [-0.05, 0) is 47.9 Å². The number of ether oxygens (including phenoxy) is 1. The molecule has 0 aromatic heterocycles. The first kappa shape index (κ1) is 18.0. The highest BCUT2D eigenvalue weighted by Gasteiger charge is 2.42. The maximum atomic E-state index is 13.0. The van der Waals surface area contributed by atoms with Crippen LogP contribution < -0.4 is 9.64 Å². The Morgan fingerprint density at radius 3 is 2.04 bits per heavy atom.